The molecule has 1 rings (SSSR count). The van der Waals surface area contributed by atoms with Crippen LogP contribution in [0.1, 0.15) is 13.8 Å². The molecule has 1 fully saturated rings. The van der Waals surface area contributed by atoms with E-state index in [1.807, 2.05) is 42.6 Å². The third-order valence-corrected chi connectivity index (χ3v) is 2.93. The molecule has 0 aromatic rings. The summed E-state index contributed by atoms with van der Waals surface area (Å²) < 4.78 is 5.58. The summed E-state index contributed by atoms with van der Waals surface area (Å²) in [4.78, 5) is 17.8. The average Bonchev–Trinajstić information content (AvgIpc) is 2.30. The molecule has 1 saturated heterocycles. The molecule has 2 amide bonds. The van der Waals surface area contributed by atoms with Gasteiger partial charge in [-0.2, -0.15) is 0 Å². The van der Waals surface area contributed by atoms with E-state index in [0.717, 1.165) is 13.1 Å². The van der Waals surface area contributed by atoms with Gasteiger partial charge in [0, 0.05) is 19.6 Å². The molecule has 1 unspecified atom stereocenters. The fourth-order valence-corrected chi connectivity index (χ4v) is 1.81. The van der Waals surface area contributed by atoms with Gasteiger partial charge in [-0.05, 0) is 27.9 Å². The molecule has 5 heteroatoms. The molecule has 0 bridgehead atoms. The van der Waals surface area contributed by atoms with Crippen LogP contribution >= 0.6 is 0 Å². The molecule has 0 aromatic carbocycles. The summed E-state index contributed by atoms with van der Waals surface area (Å²) in [5.41, 5.74) is 0. The van der Waals surface area contributed by atoms with Gasteiger partial charge in [0.2, 0.25) is 0 Å². The van der Waals surface area contributed by atoms with Gasteiger partial charge >= 0.3 is 6.03 Å². The molecule has 0 spiro atoms. The molecular formula is C11H23N3O2. The van der Waals surface area contributed by atoms with E-state index in [-0.39, 0.29) is 12.3 Å². The maximum Gasteiger partial charge on any atom is 0.320 e. The van der Waals surface area contributed by atoms with E-state index in [9.17, 15) is 4.79 Å². The van der Waals surface area contributed by atoms with Crippen LogP contribution in [-0.4, -0.2) is 73.8 Å². The van der Waals surface area contributed by atoms with E-state index in [2.05, 4.69) is 0 Å². The first-order valence-electron chi connectivity index (χ1n) is 5.92. The summed E-state index contributed by atoms with van der Waals surface area (Å²) in [6.07, 6.45) is 0.0215. The van der Waals surface area contributed by atoms with Gasteiger partial charge in [-0.3, -0.25) is 4.90 Å². The van der Waals surface area contributed by atoms with Crippen molar-refractivity contribution in [3.05, 3.63) is 0 Å². The third-order valence-electron chi connectivity index (χ3n) is 2.93. The van der Waals surface area contributed by atoms with Crippen LogP contribution in [0.5, 0.6) is 0 Å². The Balaban J connectivity index is 2.56. The minimum atomic E-state index is 0.0215. The molecule has 1 aliphatic rings. The zero-order valence-electron chi connectivity index (χ0n) is 10.8. The van der Waals surface area contributed by atoms with Crippen LogP contribution in [0.15, 0.2) is 0 Å². The predicted octanol–water partition coefficient (Wildman–Crippen LogP) is 0.668. The quantitative estimate of drug-likeness (QED) is 0.713. The van der Waals surface area contributed by atoms with E-state index < -0.39 is 0 Å². The number of amides is 2. The highest BCUT2D eigenvalue weighted by Crippen LogP contribution is 2.09. The topological polar surface area (TPSA) is 36.0 Å². The largest absolute Gasteiger partial charge is 0.359 e. The molecule has 0 aromatic heterocycles. The van der Waals surface area contributed by atoms with Crippen molar-refractivity contribution >= 4 is 6.03 Å². The van der Waals surface area contributed by atoms with Crippen molar-refractivity contribution in [1.29, 1.82) is 0 Å². The first-order chi connectivity index (χ1) is 7.60. The summed E-state index contributed by atoms with van der Waals surface area (Å²) >= 11 is 0. The smallest absolute Gasteiger partial charge is 0.320 e. The van der Waals surface area contributed by atoms with Crippen LogP contribution in [0.4, 0.5) is 4.79 Å². The predicted molar refractivity (Wildman–Crippen MR) is 63.3 cm³/mol. The maximum atomic E-state index is 12.1. The Morgan fingerprint density at radius 3 is 2.50 bits per heavy atom. The number of ether oxygens (including phenoxy) is 1. The molecular weight excluding hydrogens is 206 g/mol. The van der Waals surface area contributed by atoms with Crippen LogP contribution in [-0.2, 0) is 4.74 Å². The normalized spacial score (nSPS) is 21.3. The highest BCUT2D eigenvalue weighted by molar-refractivity contribution is 5.74. The lowest BCUT2D eigenvalue weighted by Crippen LogP contribution is -2.54. The average molecular weight is 229 g/mol. The van der Waals surface area contributed by atoms with Crippen molar-refractivity contribution in [3.8, 4) is 0 Å². The minimum absolute atomic E-state index is 0.0215. The van der Waals surface area contributed by atoms with Crippen molar-refractivity contribution in [2.24, 2.45) is 0 Å². The lowest BCUT2D eigenvalue weighted by Gasteiger charge is -2.38. The van der Waals surface area contributed by atoms with Gasteiger partial charge in [-0.25, -0.2) is 4.79 Å². The van der Waals surface area contributed by atoms with Crippen LogP contribution in [0.2, 0.25) is 0 Å². The first-order valence-corrected chi connectivity index (χ1v) is 5.92. The highest BCUT2D eigenvalue weighted by Gasteiger charge is 2.27. The molecule has 16 heavy (non-hydrogen) atoms. The number of nitrogens with zero attached hydrogens (tertiary/aromatic N) is 3. The van der Waals surface area contributed by atoms with Gasteiger partial charge in [0.25, 0.3) is 0 Å². The SMILES string of the molecule is CCN(CC)C(=O)N1CCOC(N(C)C)C1. The zero-order chi connectivity index (χ0) is 12.1. The summed E-state index contributed by atoms with van der Waals surface area (Å²) in [5, 5.41) is 0. The molecule has 1 atom stereocenters. The highest BCUT2D eigenvalue weighted by atomic mass is 16.5. The fourth-order valence-electron chi connectivity index (χ4n) is 1.81. The van der Waals surface area contributed by atoms with Crippen LogP contribution in [0.3, 0.4) is 0 Å². The monoisotopic (exact) mass is 229 g/mol. The second kappa shape index (κ2) is 6.06. The summed E-state index contributed by atoms with van der Waals surface area (Å²) in [7, 11) is 3.94. The molecule has 0 radical (unpaired) electrons. The Bertz CT molecular complexity index is 229. The van der Waals surface area contributed by atoms with Crippen molar-refractivity contribution in [3.63, 3.8) is 0 Å². The number of carbonyl (C=O) groups excluding carboxylic acids is 1. The molecule has 94 valence electrons. The van der Waals surface area contributed by atoms with Gasteiger partial charge in [-0.15, -0.1) is 0 Å². The summed E-state index contributed by atoms with van der Waals surface area (Å²) in [5.74, 6) is 0. The number of hydrogen-bond donors (Lipinski definition) is 0. The molecule has 1 aliphatic heterocycles. The fraction of sp³-hybridized carbons (Fsp3) is 0.909. The van der Waals surface area contributed by atoms with E-state index in [4.69, 9.17) is 4.74 Å². The molecule has 1 heterocycles. The van der Waals surface area contributed by atoms with Crippen LogP contribution in [0.25, 0.3) is 0 Å². The number of carbonyl (C=O) groups is 1. The Morgan fingerprint density at radius 2 is 2.00 bits per heavy atom. The Morgan fingerprint density at radius 1 is 1.38 bits per heavy atom. The second-order valence-corrected chi connectivity index (χ2v) is 4.19. The van der Waals surface area contributed by atoms with E-state index in [1.54, 1.807) is 0 Å². The summed E-state index contributed by atoms with van der Waals surface area (Å²) in [6.45, 7) is 7.51. The first kappa shape index (κ1) is 13.3. The zero-order valence-corrected chi connectivity index (χ0v) is 10.8. The third kappa shape index (κ3) is 3.09. The molecule has 0 aliphatic carbocycles. The Hall–Kier alpha value is -0.810. The van der Waals surface area contributed by atoms with Crippen LogP contribution in [0, 0.1) is 0 Å². The Kier molecular flexibility index (Phi) is 5.02. The second-order valence-electron chi connectivity index (χ2n) is 4.19. The lowest BCUT2D eigenvalue weighted by molar-refractivity contribution is -0.0856. The molecule has 0 N–H and O–H groups in total. The minimum Gasteiger partial charge on any atom is -0.359 e. The standard InChI is InChI=1S/C11H23N3O2/c1-5-13(6-2)11(15)14-7-8-16-10(9-14)12(3)4/h10H,5-9H2,1-4H3. The van der Waals surface area contributed by atoms with E-state index in [1.165, 1.54) is 0 Å². The van der Waals surface area contributed by atoms with Gasteiger partial charge in [-0.1, -0.05) is 0 Å². The van der Waals surface area contributed by atoms with Gasteiger partial charge < -0.3 is 14.5 Å². The number of rotatable bonds is 3. The van der Waals surface area contributed by atoms with Gasteiger partial charge in [0.05, 0.1) is 13.2 Å². The van der Waals surface area contributed by atoms with E-state index in [0.29, 0.717) is 19.7 Å². The van der Waals surface area contributed by atoms with Gasteiger partial charge in [0.15, 0.2) is 0 Å². The molecule has 0 saturated carbocycles. The molecule has 5 nitrogen and oxygen atoms in total. The van der Waals surface area contributed by atoms with Crippen molar-refractivity contribution < 1.29 is 9.53 Å². The maximum absolute atomic E-state index is 12.1. The number of urea groups is 1. The lowest BCUT2D eigenvalue weighted by atomic mass is 10.3. The Labute approximate surface area is 97.9 Å². The summed E-state index contributed by atoms with van der Waals surface area (Å²) in [6, 6.07) is 0.125. The van der Waals surface area contributed by atoms with Crippen molar-refractivity contribution in [2.45, 2.75) is 20.1 Å². The number of morpholine rings is 1. The van der Waals surface area contributed by atoms with Crippen molar-refractivity contribution in [1.82, 2.24) is 14.7 Å². The van der Waals surface area contributed by atoms with E-state index >= 15 is 0 Å². The number of likely N-dealkylation sites (N-methyl/N-ethyl adjacent to an activating group) is 1. The van der Waals surface area contributed by atoms with Crippen LogP contribution < -0.4 is 0 Å². The number of hydrogen-bond acceptors (Lipinski definition) is 3. The van der Waals surface area contributed by atoms with Crippen molar-refractivity contribution in [2.75, 3.05) is 46.9 Å². The van der Waals surface area contributed by atoms with Gasteiger partial charge in [0.1, 0.15) is 6.23 Å².